The summed E-state index contributed by atoms with van der Waals surface area (Å²) in [6.45, 7) is 4.68. The first-order valence-corrected chi connectivity index (χ1v) is 6.56. The van der Waals surface area contributed by atoms with Crippen LogP contribution in [-0.2, 0) is 14.3 Å². The molecule has 0 aromatic carbocycles. The molecule has 0 aromatic rings. The van der Waals surface area contributed by atoms with Gasteiger partial charge in [0.15, 0.2) is 0 Å². The van der Waals surface area contributed by atoms with Crippen LogP contribution < -0.4 is 0 Å². The molecule has 1 saturated heterocycles. The van der Waals surface area contributed by atoms with Gasteiger partial charge in [0.1, 0.15) is 12.1 Å². The number of carbonyl (C=O) groups is 2. The highest BCUT2D eigenvalue weighted by Gasteiger charge is 2.50. The normalized spacial score (nSPS) is 23.9. The summed E-state index contributed by atoms with van der Waals surface area (Å²) in [6, 6.07) is 0. The Balaban J connectivity index is 2.27. The second-order valence-corrected chi connectivity index (χ2v) is 5.37. The Morgan fingerprint density at radius 2 is 1.94 bits per heavy atom. The van der Waals surface area contributed by atoms with Crippen LogP contribution in [0.25, 0.3) is 0 Å². The molecule has 2 aliphatic rings. The highest BCUT2D eigenvalue weighted by molar-refractivity contribution is 5.89. The van der Waals surface area contributed by atoms with Crippen molar-refractivity contribution in [1.82, 2.24) is 4.90 Å². The monoisotopic (exact) mass is 239 g/mol. The molecular weight excluding hydrogens is 218 g/mol. The molecular formula is C13H21NO3. The molecule has 0 aromatic heterocycles. The molecule has 1 heterocycles. The number of rotatable bonds is 1. The van der Waals surface area contributed by atoms with Gasteiger partial charge < -0.3 is 9.64 Å². The molecule has 0 atom stereocenters. The van der Waals surface area contributed by atoms with Crippen molar-refractivity contribution in [3.05, 3.63) is 0 Å². The van der Waals surface area contributed by atoms with E-state index >= 15 is 0 Å². The molecule has 1 amide bonds. The number of hydrogen-bond acceptors (Lipinski definition) is 3. The quantitative estimate of drug-likeness (QED) is 0.655. The van der Waals surface area contributed by atoms with Gasteiger partial charge in [-0.2, -0.15) is 0 Å². The molecule has 0 unspecified atom stereocenters. The molecule has 2 rings (SSSR count). The third-order valence-electron chi connectivity index (χ3n) is 3.89. The van der Waals surface area contributed by atoms with Crippen LogP contribution in [0.5, 0.6) is 0 Å². The van der Waals surface area contributed by atoms with Crippen LogP contribution in [0.1, 0.15) is 46.0 Å². The summed E-state index contributed by atoms with van der Waals surface area (Å²) in [4.78, 5) is 26.1. The van der Waals surface area contributed by atoms with Crippen molar-refractivity contribution in [2.75, 3.05) is 13.2 Å². The maximum atomic E-state index is 12.2. The highest BCUT2D eigenvalue weighted by atomic mass is 16.5. The van der Waals surface area contributed by atoms with Crippen LogP contribution in [0.15, 0.2) is 0 Å². The van der Waals surface area contributed by atoms with E-state index in [2.05, 4.69) is 0 Å². The minimum atomic E-state index is -0.641. The molecule has 0 radical (unpaired) electrons. The molecule has 0 bridgehead atoms. The van der Waals surface area contributed by atoms with Crippen molar-refractivity contribution >= 4 is 11.9 Å². The first-order valence-electron chi connectivity index (χ1n) is 6.56. The number of amides is 1. The van der Waals surface area contributed by atoms with Crippen LogP contribution in [0.3, 0.4) is 0 Å². The van der Waals surface area contributed by atoms with E-state index in [0.717, 1.165) is 32.1 Å². The van der Waals surface area contributed by atoms with Gasteiger partial charge in [-0.05, 0) is 12.8 Å². The molecule has 2 fully saturated rings. The van der Waals surface area contributed by atoms with Gasteiger partial charge in [-0.1, -0.05) is 33.1 Å². The van der Waals surface area contributed by atoms with Gasteiger partial charge in [0.25, 0.3) is 0 Å². The summed E-state index contributed by atoms with van der Waals surface area (Å²) >= 11 is 0. The lowest BCUT2D eigenvalue weighted by molar-refractivity contribution is -0.179. The molecule has 0 N–H and O–H groups in total. The third-order valence-corrected chi connectivity index (χ3v) is 3.89. The van der Waals surface area contributed by atoms with Crippen molar-refractivity contribution < 1.29 is 14.3 Å². The van der Waals surface area contributed by atoms with Gasteiger partial charge in [-0.3, -0.25) is 4.79 Å². The Labute approximate surface area is 102 Å². The van der Waals surface area contributed by atoms with Crippen LogP contribution in [0.2, 0.25) is 0 Å². The average molecular weight is 239 g/mol. The summed E-state index contributed by atoms with van der Waals surface area (Å²) < 4.78 is 5.20. The zero-order chi connectivity index (χ0) is 12.5. The molecule has 1 spiro atoms. The van der Waals surface area contributed by atoms with Crippen molar-refractivity contribution in [3.63, 3.8) is 0 Å². The Morgan fingerprint density at radius 3 is 2.53 bits per heavy atom. The molecule has 4 heteroatoms. The molecule has 1 aliphatic heterocycles. The second kappa shape index (κ2) is 4.67. The summed E-state index contributed by atoms with van der Waals surface area (Å²) in [5.74, 6) is -0.152. The fraction of sp³-hybridized carbons (Fsp3) is 0.846. The maximum absolute atomic E-state index is 12.2. The highest BCUT2D eigenvalue weighted by Crippen LogP contribution is 2.37. The molecule has 1 aliphatic carbocycles. The van der Waals surface area contributed by atoms with E-state index < -0.39 is 5.54 Å². The summed E-state index contributed by atoms with van der Waals surface area (Å²) in [5.41, 5.74) is -0.641. The van der Waals surface area contributed by atoms with Crippen LogP contribution in [0, 0.1) is 5.92 Å². The number of esters is 1. The molecule has 17 heavy (non-hydrogen) atoms. The van der Waals surface area contributed by atoms with Crippen LogP contribution >= 0.6 is 0 Å². The van der Waals surface area contributed by atoms with Gasteiger partial charge in [-0.15, -0.1) is 0 Å². The topological polar surface area (TPSA) is 46.6 Å². The summed E-state index contributed by atoms with van der Waals surface area (Å²) in [7, 11) is 0. The smallest absolute Gasteiger partial charge is 0.332 e. The van der Waals surface area contributed by atoms with Gasteiger partial charge in [0.05, 0.1) is 6.54 Å². The third kappa shape index (κ3) is 2.05. The average Bonchev–Trinajstić information content (AvgIpc) is 2.33. The fourth-order valence-electron chi connectivity index (χ4n) is 2.93. The summed E-state index contributed by atoms with van der Waals surface area (Å²) in [6.07, 6.45) is 4.71. The lowest BCUT2D eigenvalue weighted by Crippen LogP contribution is -2.63. The van der Waals surface area contributed by atoms with E-state index in [0.29, 0.717) is 13.2 Å². The SMILES string of the molecule is CC(C)C(=O)N1CCOC(=O)C12CCCCC2. The van der Waals surface area contributed by atoms with Crippen molar-refractivity contribution in [2.45, 2.75) is 51.5 Å². The van der Waals surface area contributed by atoms with Crippen molar-refractivity contribution in [1.29, 1.82) is 0 Å². The lowest BCUT2D eigenvalue weighted by Gasteiger charge is -2.47. The molecule has 4 nitrogen and oxygen atoms in total. The second-order valence-electron chi connectivity index (χ2n) is 5.37. The minimum Gasteiger partial charge on any atom is -0.462 e. The number of morpholine rings is 1. The van der Waals surface area contributed by atoms with E-state index in [9.17, 15) is 9.59 Å². The zero-order valence-electron chi connectivity index (χ0n) is 10.7. The van der Waals surface area contributed by atoms with E-state index in [-0.39, 0.29) is 17.8 Å². The fourth-order valence-corrected chi connectivity index (χ4v) is 2.93. The molecule has 96 valence electrons. The first kappa shape index (κ1) is 12.4. The maximum Gasteiger partial charge on any atom is 0.332 e. The van der Waals surface area contributed by atoms with Gasteiger partial charge >= 0.3 is 5.97 Å². The number of hydrogen-bond donors (Lipinski definition) is 0. The van der Waals surface area contributed by atoms with Crippen molar-refractivity contribution in [2.24, 2.45) is 5.92 Å². The molecule has 1 saturated carbocycles. The van der Waals surface area contributed by atoms with E-state index in [1.165, 1.54) is 0 Å². The largest absolute Gasteiger partial charge is 0.462 e. The number of carbonyl (C=O) groups excluding carboxylic acids is 2. The van der Waals surface area contributed by atoms with Gasteiger partial charge in [-0.25, -0.2) is 4.79 Å². The minimum absolute atomic E-state index is 0.0558. The Kier molecular flexibility index (Phi) is 3.40. The Morgan fingerprint density at radius 1 is 1.29 bits per heavy atom. The number of nitrogens with zero attached hydrogens (tertiary/aromatic N) is 1. The first-order chi connectivity index (χ1) is 8.08. The van der Waals surface area contributed by atoms with E-state index in [1.54, 1.807) is 4.90 Å². The zero-order valence-corrected chi connectivity index (χ0v) is 10.7. The van der Waals surface area contributed by atoms with Crippen LogP contribution in [-0.4, -0.2) is 35.5 Å². The Hall–Kier alpha value is -1.06. The van der Waals surface area contributed by atoms with Gasteiger partial charge in [0.2, 0.25) is 5.91 Å². The predicted octanol–water partition coefficient (Wildman–Crippen LogP) is 1.73. The standard InChI is InChI=1S/C13H21NO3/c1-10(2)11(15)14-8-9-17-12(16)13(14)6-4-3-5-7-13/h10H,3-9H2,1-2H3. The summed E-state index contributed by atoms with van der Waals surface area (Å²) in [5, 5.41) is 0. The van der Waals surface area contributed by atoms with E-state index in [4.69, 9.17) is 4.74 Å². The van der Waals surface area contributed by atoms with E-state index in [1.807, 2.05) is 13.8 Å². The Bertz CT molecular complexity index is 319. The lowest BCUT2D eigenvalue weighted by atomic mass is 9.79. The van der Waals surface area contributed by atoms with Crippen LogP contribution in [0.4, 0.5) is 0 Å². The number of ether oxygens (including phenoxy) is 1. The van der Waals surface area contributed by atoms with Gasteiger partial charge in [0, 0.05) is 5.92 Å². The predicted molar refractivity (Wildman–Crippen MR) is 63.3 cm³/mol. The van der Waals surface area contributed by atoms with Crippen molar-refractivity contribution in [3.8, 4) is 0 Å². The number of cyclic esters (lactones) is 1.